The number of aliphatic hydroxyl groups excluding tert-OH is 2. The van der Waals surface area contributed by atoms with Gasteiger partial charge in [-0.15, -0.1) is 0 Å². The van der Waals surface area contributed by atoms with Crippen LogP contribution in [0.1, 0.15) is 27.2 Å². The highest BCUT2D eigenvalue weighted by atomic mass is 17.1. The molecule has 0 radical (unpaired) electrons. The molecule has 2 fully saturated rings. The van der Waals surface area contributed by atoms with Crippen LogP contribution >= 0.6 is 0 Å². The predicted molar refractivity (Wildman–Crippen MR) is 79.0 cm³/mol. The van der Waals surface area contributed by atoms with Gasteiger partial charge in [0.25, 0.3) is 0 Å². The van der Waals surface area contributed by atoms with E-state index in [1.54, 1.807) is 6.92 Å². The van der Waals surface area contributed by atoms with Crippen molar-refractivity contribution >= 4 is 5.78 Å². The van der Waals surface area contributed by atoms with Crippen molar-refractivity contribution < 1.29 is 44.8 Å². The molecule has 2 aliphatic heterocycles. The quantitative estimate of drug-likeness (QED) is 0.267. The van der Waals surface area contributed by atoms with Crippen molar-refractivity contribution in [3.8, 4) is 0 Å². The fraction of sp³-hybridized carbons (Fsp3) is 0.933. The van der Waals surface area contributed by atoms with Crippen molar-refractivity contribution in [1.29, 1.82) is 0 Å². The molecule has 0 amide bonds. The molecule has 0 aromatic rings. The second kappa shape index (κ2) is 8.15. The Hall–Kier alpha value is -0.650. The van der Waals surface area contributed by atoms with E-state index in [0.717, 1.165) is 0 Å². The fourth-order valence-electron chi connectivity index (χ4n) is 3.23. The summed E-state index contributed by atoms with van der Waals surface area (Å²) in [5, 5.41) is 37.8. The van der Waals surface area contributed by atoms with E-state index in [1.807, 2.05) is 6.92 Å². The summed E-state index contributed by atoms with van der Waals surface area (Å²) in [6.45, 7) is 4.72. The van der Waals surface area contributed by atoms with Crippen LogP contribution in [0.5, 0.6) is 0 Å². The molecule has 4 N–H and O–H groups in total. The van der Waals surface area contributed by atoms with Gasteiger partial charge in [-0.05, 0) is 13.8 Å². The Morgan fingerprint density at radius 3 is 2.29 bits per heavy atom. The highest BCUT2D eigenvalue weighted by Gasteiger charge is 2.52. The zero-order valence-corrected chi connectivity index (χ0v) is 13.9. The Kier molecular flexibility index (Phi) is 6.68. The van der Waals surface area contributed by atoms with Gasteiger partial charge in [-0.3, -0.25) is 15.3 Å². The van der Waals surface area contributed by atoms with Crippen molar-refractivity contribution in [2.24, 2.45) is 11.8 Å². The summed E-state index contributed by atoms with van der Waals surface area (Å²) in [4.78, 5) is 20.1. The summed E-state index contributed by atoms with van der Waals surface area (Å²) in [7, 11) is 0. The summed E-state index contributed by atoms with van der Waals surface area (Å²) >= 11 is 0. The average Bonchev–Trinajstić information content (AvgIpc) is 3.31. The van der Waals surface area contributed by atoms with Gasteiger partial charge in [0, 0.05) is 18.3 Å². The van der Waals surface area contributed by atoms with Gasteiger partial charge in [-0.1, -0.05) is 6.92 Å². The predicted octanol–water partition coefficient (Wildman–Crippen LogP) is -0.158. The Bertz CT molecular complexity index is 429. The largest absolute Gasteiger partial charge is 0.393 e. The molecule has 0 aliphatic carbocycles. The summed E-state index contributed by atoms with van der Waals surface area (Å²) in [6.07, 6.45) is -4.72. The molecule has 2 heterocycles. The van der Waals surface area contributed by atoms with Crippen LogP contribution in [0.25, 0.3) is 0 Å². The molecule has 0 bridgehead atoms. The fourth-order valence-corrected chi connectivity index (χ4v) is 3.23. The van der Waals surface area contributed by atoms with Crippen molar-refractivity contribution in [3.05, 3.63) is 0 Å². The van der Waals surface area contributed by atoms with Gasteiger partial charge >= 0.3 is 0 Å². The van der Waals surface area contributed by atoms with E-state index in [0.29, 0.717) is 6.42 Å². The monoisotopic (exact) mass is 350 g/mol. The summed E-state index contributed by atoms with van der Waals surface area (Å²) < 4.78 is 11.1. The first-order chi connectivity index (χ1) is 11.3. The van der Waals surface area contributed by atoms with Gasteiger partial charge in [-0.2, -0.15) is 0 Å². The van der Waals surface area contributed by atoms with Gasteiger partial charge in [0.15, 0.2) is 5.78 Å². The Morgan fingerprint density at radius 1 is 1.17 bits per heavy atom. The zero-order chi connectivity index (χ0) is 18.0. The molecular formula is C15H26O9. The maximum Gasteiger partial charge on any atom is 0.158 e. The third-order valence-electron chi connectivity index (χ3n) is 5.05. The van der Waals surface area contributed by atoms with E-state index in [-0.39, 0.29) is 24.7 Å². The maximum atomic E-state index is 11.4. The molecule has 9 atom stereocenters. The molecule has 24 heavy (non-hydrogen) atoms. The van der Waals surface area contributed by atoms with Crippen LogP contribution in [0.3, 0.4) is 0 Å². The molecule has 1 unspecified atom stereocenters. The number of Topliss-reactive ketones (excluding diaryl/α,β-unsaturated/α-hetero) is 1. The molecule has 9 nitrogen and oxygen atoms in total. The van der Waals surface area contributed by atoms with E-state index in [9.17, 15) is 20.3 Å². The zero-order valence-electron chi connectivity index (χ0n) is 13.9. The number of ketones is 1. The third-order valence-corrected chi connectivity index (χ3v) is 5.05. The van der Waals surface area contributed by atoms with Crippen molar-refractivity contribution in [1.82, 2.24) is 0 Å². The topological polar surface area (TPSA) is 138 Å². The highest BCUT2D eigenvalue weighted by molar-refractivity contribution is 5.80. The van der Waals surface area contributed by atoms with Gasteiger partial charge in [0.2, 0.25) is 0 Å². The first kappa shape index (κ1) is 19.7. The van der Waals surface area contributed by atoms with Crippen molar-refractivity contribution in [2.75, 3.05) is 6.61 Å². The van der Waals surface area contributed by atoms with E-state index in [1.165, 1.54) is 6.92 Å². The molecule has 0 spiro atoms. The molecule has 0 aromatic carbocycles. The van der Waals surface area contributed by atoms with E-state index in [2.05, 4.69) is 9.78 Å². The molecule has 0 aromatic heterocycles. The minimum Gasteiger partial charge on any atom is -0.393 e. The van der Waals surface area contributed by atoms with Crippen molar-refractivity contribution in [3.63, 3.8) is 0 Å². The number of aliphatic hydroxyl groups is 2. The first-order valence-corrected chi connectivity index (χ1v) is 8.05. The molecule has 2 rings (SSSR count). The lowest BCUT2D eigenvalue weighted by atomic mass is 9.85. The Morgan fingerprint density at radius 2 is 1.79 bits per heavy atom. The van der Waals surface area contributed by atoms with Crippen LogP contribution in [0.2, 0.25) is 0 Å². The molecular weight excluding hydrogens is 324 g/mol. The highest BCUT2D eigenvalue weighted by Crippen LogP contribution is 2.38. The smallest absolute Gasteiger partial charge is 0.158 e. The number of ether oxygens (including phenoxy) is 2. The lowest BCUT2D eigenvalue weighted by Gasteiger charge is -2.40. The normalized spacial score (nSPS) is 40.0. The number of epoxide rings is 1. The second-order valence-corrected chi connectivity index (χ2v) is 6.71. The van der Waals surface area contributed by atoms with Crippen molar-refractivity contribution in [2.45, 2.75) is 69.9 Å². The summed E-state index contributed by atoms with van der Waals surface area (Å²) in [5.74, 6) is -1.42. The second-order valence-electron chi connectivity index (χ2n) is 6.71. The lowest BCUT2D eigenvalue weighted by molar-refractivity contribution is -0.395. The summed E-state index contributed by atoms with van der Waals surface area (Å²) in [5.41, 5.74) is 0. The minimum absolute atomic E-state index is 0.0418. The average molecular weight is 350 g/mol. The van der Waals surface area contributed by atoms with Crippen LogP contribution in [0.4, 0.5) is 0 Å². The van der Waals surface area contributed by atoms with Gasteiger partial charge in [-0.25, -0.2) is 9.78 Å². The minimum atomic E-state index is -1.40. The molecule has 2 aliphatic rings. The number of carbonyl (C=O) groups is 1. The Balaban J connectivity index is 1.99. The van der Waals surface area contributed by atoms with E-state index >= 15 is 0 Å². The van der Waals surface area contributed by atoms with Crippen LogP contribution in [-0.2, 0) is 24.0 Å². The molecule has 2 saturated heterocycles. The molecule has 140 valence electrons. The van der Waals surface area contributed by atoms with Crippen LogP contribution in [0, 0.1) is 11.8 Å². The van der Waals surface area contributed by atoms with E-state index in [4.69, 9.17) is 14.7 Å². The number of carbonyl (C=O) groups excluding carboxylic acids is 1. The third kappa shape index (κ3) is 4.12. The number of hydrogen-bond acceptors (Lipinski definition) is 9. The summed E-state index contributed by atoms with van der Waals surface area (Å²) in [6, 6.07) is 0. The standard InChI is InChI=1S/C15H26O9/c1-6(7(2)16)13-11(22-13)4-10-15(24-20)14(23-19)9(5-21-10)12(18)8(3)17/h6-7,9-16,18-20H,4-5H2,1-3H3/t6-,7-,9-,10+,11-,12?,13-,14+,15+/m0/s1. The first-order valence-electron chi connectivity index (χ1n) is 8.05. The lowest BCUT2D eigenvalue weighted by Crippen LogP contribution is -2.56. The SMILES string of the molecule is CC(=O)C(O)[C@@H]1CO[C@H](C[C@@H]2O[C@H]2[C@@H](C)[C@H](C)O)[C@@H](OO)[C@@H]1OO. The van der Waals surface area contributed by atoms with Crippen LogP contribution in [-0.4, -0.2) is 75.8 Å². The van der Waals surface area contributed by atoms with Gasteiger partial charge in [0.1, 0.15) is 18.3 Å². The molecule has 9 heteroatoms. The maximum absolute atomic E-state index is 11.4. The van der Waals surface area contributed by atoms with Crippen LogP contribution < -0.4 is 0 Å². The number of hydrogen-bond donors (Lipinski definition) is 4. The van der Waals surface area contributed by atoms with Gasteiger partial charge < -0.3 is 19.7 Å². The van der Waals surface area contributed by atoms with Crippen LogP contribution in [0.15, 0.2) is 0 Å². The van der Waals surface area contributed by atoms with Gasteiger partial charge in [0.05, 0.1) is 31.0 Å². The molecule has 0 saturated carbocycles. The van der Waals surface area contributed by atoms with E-state index < -0.39 is 42.2 Å². The Labute approximate surface area is 139 Å². The number of rotatable bonds is 8.